The maximum Gasteiger partial charge on any atom is 0.247 e. The zero-order valence-corrected chi connectivity index (χ0v) is 15.5. The molecule has 0 radical (unpaired) electrons. The molecule has 0 saturated heterocycles. The van der Waals surface area contributed by atoms with Gasteiger partial charge < -0.3 is 10.1 Å². The van der Waals surface area contributed by atoms with E-state index in [0.717, 1.165) is 30.0 Å². The summed E-state index contributed by atoms with van der Waals surface area (Å²) in [7, 11) is -1.12. The summed E-state index contributed by atoms with van der Waals surface area (Å²) in [6, 6.07) is 4.51. The van der Waals surface area contributed by atoms with E-state index >= 15 is 0 Å². The van der Waals surface area contributed by atoms with E-state index in [-0.39, 0.29) is 34.2 Å². The van der Waals surface area contributed by atoms with Gasteiger partial charge in [0.25, 0.3) is 0 Å². The van der Waals surface area contributed by atoms with Crippen LogP contribution in [0.2, 0.25) is 5.02 Å². The van der Waals surface area contributed by atoms with Crippen LogP contribution in [0.1, 0.15) is 32.1 Å². The molecule has 2 rings (SSSR count). The molecule has 1 N–H and O–H groups in total. The minimum atomic E-state index is -3.88. The van der Waals surface area contributed by atoms with E-state index in [1.807, 2.05) is 0 Å². The average molecular weight is 375 g/mol. The minimum Gasteiger partial charge on any atom is -0.495 e. The van der Waals surface area contributed by atoms with Crippen LogP contribution in [-0.2, 0) is 14.8 Å². The summed E-state index contributed by atoms with van der Waals surface area (Å²) in [4.78, 5) is 12.1. The van der Waals surface area contributed by atoms with Crippen molar-refractivity contribution in [3.8, 4) is 5.75 Å². The van der Waals surface area contributed by atoms with Crippen LogP contribution in [0.4, 0.5) is 0 Å². The second-order valence-electron chi connectivity index (χ2n) is 5.96. The van der Waals surface area contributed by atoms with E-state index in [0.29, 0.717) is 0 Å². The van der Waals surface area contributed by atoms with Crippen molar-refractivity contribution in [2.24, 2.45) is 0 Å². The van der Waals surface area contributed by atoms with Gasteiger partial charge in [0, 0.05) is 18.1 Å². The lowest BCUT2D eigenvalue weighted by Gasteiger charge is -2.24. The summed E-state index contributed by atoms with van der Waals surface area (Å²) >= 11 is 5.90. The molecule has 0 bridgehead atoms. The molecule has 0 unspecified atom stereocenters. The summed E-state index contributed by atoms with van der Waals surface area (Å²) < 4.78 is 31.5. The number of amides is 1. The molecular formula is C16H23ClN2O4S. The Kier molecular flexibility index (Phi) is 6.48. The van der Waals surface area contributed by atoms with Gasteiger partial charge in [-0.3, -0.25) is 4.79 Å². The van der Waals surface area contributed by atoms with Crippen molar-refractivity contribution >= 4 is 27.5 Å². The molecule has 8 heteroatoms. The van der Waals surface area contributed by atoms with Gasteiger partial charge in [0.2, 0.25) is 15.9 Å². The van der Waals surface area contributed by atoms with Crippen LogP contribution in [0, 0.1) is 0 Å². The van der Waals surface area contributed by atoms with Crippen LogP contribution >= 0.6 is 11.6 Å². The Morgan fingerprint density at radius 3 is 2.62 bits per heavy atom. The topological polar surface area (TPSA) is 75.7 Å². The summed E-state index contributed by atoms with van der Waals surface area (Å²) in [5, 5.41) is 3.20. The minimum absolute atomic E-state index is 0.0505. The highest BCUT2D eigenvalue weighted by molar-refractivity contribution is 7.89. The molecule has 0 spiro atoms. The first-order chi connectivity index (χ1) is 11.3. The lowest BCUT2D eigenvalue weighted by molar-refractivity contribution is -0.122. The summed E-state index contributed by atoms with van der Waals surface area (Å²) in [5.41, 5.74) is 0. The van der Waals surface area contributed by atoms with Crippen molar-refractivity contribution < 1.29 is 17.9 Å². The van der Waals surface area contributed by atoms with Crippen LogP contribution in [0.5, 0.6) is 5.75 Å². The zero-order chi connectivity index (χ0) is 17.7. The number of hydrogen-bond acceptors (Lipinski definition) is 4. The van der Waals surface area contributed by atoms with Crippen LogP contribution < -0.4 is 10.1 Å². The molecule has 6 nitrogen and oxygen atoms in total. The number of sulfonamides is 1. The second-order valence-corrected chi connectivity index (χ2v) is 8.41. The maximum atomic E-state index is 12.7. The number of methoxy groups -OCH3 is 1. The molecule has 0 atom stereocenters. The number of carbonyl (C=O) groups excluding carboxylic acids is 1. The van der Waals surface area contributed by atoms with E-state index in [1.165, 1.54) is 32.7 Å². The summed E-state index contributed by atoms with van der Waals surface area (Å²) in [6.45, 7) is -0.242. The Hall–Kier alpha value is -1.31. The molecule has 1 aliphatic carbocycles. The fourth-order valence-electron chi connectivity index (χ4n) is 2.83. The van der Waals surface area contributed by atoms with Gasteiger partial charge in [-0.25, -0.2) is 8.42 Å². The van der Waals surface area contributed by atoms with E-state index in [1.54, 1.807) is 6.07 Å². The molecule has 1 aromatic carbocycles. The van der Waals surface area contributed by atoms with Crippen LogP contribution in [-0.4, -0.2) is 45.4 Å². The molecular weight excluding hydrogens is 352 g/mol. The highest BCUT2D eigenvalue weighted by atomic mass is 35.5. The van der Waals surface area contributed by atoms with Crippen molar-refractivity contribution in [3.63, 3.8) is 0 Å². The molecule has 24 heavy (non-hydrogen) atoms. The molecule has 0 heterocycles. The number of rotatable bonds is 6. The van der Waals surface area contributed by atoms with Gasteiger partial charge in [-0.2, -0.15) is 4.31 Å². The Labute approximate surface area is 148 Å². The van der Waals surface area contributed by atoms with Crippen molar-refractivity contribution in [3.05, 3.63) is 23.2 Å². The van der Waals surface area contributed by atoms with E-state index < -0.39 is 10.0 Å². The highest BCUT2D eigenvalue weighted by Gasteiger charge is 2.27. The predicted octanol–water partition coefficient (Wildman–Crippen LogP) is 2.42. The van der Waals surface area contributed by atoms with Gasteiger partial charge in [0.15, 0.2) is 0 Å². The van der Waals surface area contributed by atoms with E-state index in [2.05, 4.69) is 5.32 Å². The smallest absolute Gasteiger partial charge is 0.247 e. The van der Waals surface area contributed by atoms with Crippen molar-refractivity contribution in [1.82, 2.24) is 9.62 Å². The number of halogens is 1. The lowest BCUT2D eigenvalue weighted by Crippen LogP contribution is -2.43. The molecule has 1 amide bonds. The Morgan fingerprint density at radius 1 is 1.33 bits per heavy atom. The summed E-state index contributed by atoms with van der Waals surface area (Å²) in [6.07, 6.45) is 5.28. The second kappa shape index (κ2) is 8.18. The third-order valence-corrected chi connectivity index (χ3v) is 6.21. The van der Waals surface area contributed by atoms with Gasteiger partial charge in [-0.1, -0.05) is 30.9 Å². The molecule has 1 saturated carbocycles. The van der Waals surface area contributed by atoms with Gasteiger partial charge >= 0.3 is 0 Å². The van der Waals surface area contributed by atoms with Crippen molar-refractivity contribution in [2.45, 2.75) is 43.0 Å². The number of carbonyl (C=O) groups is 1. The standard InChI is InChI=1S/C16H23ClN2O4S/c1-19(11-16(20)18-13-6-4-3-5-7-13)24(21,22)15-10-12(17)8-9-14(15)23-2/h8-10,13H,3-7,11H2,1-2H3,(H,18,20). The molecule has 134 valence electrons. The van der Waals surface area contributed by atoms with Crippen molar-refractivity contribution in [2.75, 3.05) is 20.7 Å². The van der Waals surface area contributed by atoms with Crippen molar-refractivity contribution in [1.29, 1.82) is 0 Å². The monoisotopic (exact) mass is 374 g/mol. The van der Waals surface area contributed by atoms with Crippen LogP contribution in [0.15, 0.2) is 23.1 Å². The number of nitrogens with one attached hydrogen (secondary N) is 1. The number of ether oxygens (including phenoxy) is 1. The van der Waals surface area contributed by atoms with E-state index in [4.69, 9.17) is 16.3 Å². The van der Waals surface area contributed by atoms with Gasteiger partial charge in [0.1, 0.15) is 10.6 Å². The third kappa shape index (κ3) is 4.62. The van der Waals surface area contributed by atoms with Gasteiger partial charge in [-0.15, -0.1) is 0 Å². The highest BCUT2D eigenvalue weighted by Crippen LogP contribution is 2.29. The fraction of sp³-hybridized carbons (Fsp3) is 0.562. The number of nitrogens with zero attached hydrogens (tertiary/aromatic N) is 1. The van der Waals surface area contributed by atoms with E-state index in [9.17, 15) is 13.2 Å². The first-order valence-electron chi connectivity index (χ1n) is 7.94. The SMILES string of the molecule is COc1ccc(Cl)cc1S(=O)(=O)N(C)CC(=O)NC1CCCCC1. The average Bonchev–Trinajstić information content (AvgIpc) is 2.55. The lowest BCUT2D eigenvalue weighted by atomic mass is 9.95. The largest absolute Gasteiger partial charge is 0.495 e. The fourth-order valence-corrected chi connectivity index (χ4v) is 4.37. The quantitative estimate of drug-likeness (QED) is 0.829. The molecule has 0 aromatic heterocycles. The number of likely N-dealkylation sites (N-methyl/N-ethyl adjacent to an activating group) is 1. The van der Waals surface area contributed by atoms with Crippen LogP contribution in [0.3, 0.4) is 0 Å². The zero-order valence-electron chi connectivity index (χ0n) is 13.9. The molecule has 1 aliphatic rings. The summed E-state index contributed by atoms with van der Waals surface area (Å²) in [5.74, 6) is -0.104. The Morgan fingerprint density at radius 2 is 2.00 bits per heavy atom. The maximum absolute atomic E-state index is 12.7. The molecule has 1 aromatic rings. The number of benzene rings is 1. The Bertz CT molecular complexity index is 687. The van der Waals surface area contributed by atoms with Crippen LogP contribution in [0.25, 0.3) is 0 Å². The predicted molar refractivity (Wildman–Crippen MR) is 92.8 cm³/mol. The first kappa shape index (κ1) is 19.0. The van der Waals surface area contributed by atoms with Gasteiger partial charge in [0.05, 0.1) is 13.7 Å². The van der Waals surface area contributed by atoms with Gasteiger partial charge in [-0.05, 0) is 31.0 Å². The molecule has 0 aliphatic heterocycles. The normalized spacial score (nSPS) is 16.2. The third-order valence-electron chi connectivity index (χ3n) is 4.15. The number of hydrogen-bond donors (Lipinski definition) is 1. The first-order valence-corrected chi connectivity index (χ1v) is 9.75. The Balaban J connectivity index is 2.08. The molecule has 1 fully saturated rings.